The summed E-state index contributed by atoms with van der Waals surface area (Å²) in [4.78, 5) is 12.4. The molecule has 0 spiro atoms. The minimum Gasteiger partial charge on any atom is -0.352 e. The van der Waals surface area contributed by atoms with E-state index in [1.807, 2.05) is 43.3 Å². The van der Waals surface area contributed by atoms with Gasteiger partial charge in [-0.05, 0) is 48.6 Å². The standard InChI is InChI=1S/C20H24N2O3S/c1-2-18(15-17-7-4-3-5-8-17)20(23)22-14-6-9-16-10-12-19(13-11-16)26(21,24)25/h3-5,7-8,10-13,15H,2,6,9,14H2,1H3,(H,22,23)(H2,21,24,25)/b18-15+. The zero-order valence-electron chi connectivity index (χ0n) is 14.8. The fourth-order valence-electron chi connectivity index (χ4n) is 2.53. The van der Waals surface area contributed by atoms with E-state index < -0.39 is 10.0 Å². The molecule has 0 radical (unpaired) electrons. The van der Waals surface area contributed by atoms with Gasteiger partial charge in [0, 0.05) is 12.1 Å². The number of aryl methyl sites for hydroxylation is 1. The molecule has 0 aliphatic heterocycles. The SMILES string of the molecule is CC/C(=C\c1ccccc1)C(=O)NCCCc1ccc(S(N)(=O)=O)cc1. The molecule has 2 aromatic rings. The van der Waals surface area contributed by atoms with E-state index in [2.05, 4.69) is 5.32 Å². The predicted molar refractivity (Wildman–Crippen MR) is 104 cm³/mol. The molecular formula is C20H24N2O3S. The summed E-state index contributed by atoms with van der Waals surface area (Å²) in [7, 11) is -3.66. The summed E-state index contributed by atoms with van der Waals surface area (Å²) in [5, 5.41) is 8.01. The number of nitrogens with one attached hydrogen (secondary N) is 1. The van der Waals surface area contributed by atoms with Crippen LogP contribution in [0.3, 0.4) is 0 Å². The van der Waals surface area contributed by atoms with Crippen molar-refractivity contribution in [3.63, 3.8) is 0 Å². The number of carbonyl (C=O) groups excluding carboxylic acids is 1. The van der Waals surface area contributed by atoms with E-state index in [0.29, 0.717) is 13.0 Å². The number of hydrogen-bond donors (Lipinski definition) is 2. The molecule has 0 unspecified atom stereocenters. The molecule has 6 heteroatoms. The largest absolute Gasteiger partial charge is 0.352 e. The van der Waals surface area contributed by atoms with Crippen LogP contribution in [0.2, 0.25) is 0 Å². The Hall–Kier alpha value is -2.44. The van der Waals surface area contributed by atoms with E-state index in [1.54, 1.807) is 12.1 Å². The van der Waals surface area contributed by atoms with Crippen LogP contribution >= 0.6 is 0 Å². The monoisotopic (exact) mass is 372 g/mol. The van der Waals surface area contributed by atoms with Gasteiger partial charge in [-0.25, -0.2) is 13.6 Å². The molecule has 0 aromatic heterocycles. The highest BCUT2D eigenvalue weighted by molar-refractivity contribution is 7.89. The lowest BCUT2D eigenvalue weighted by Gasteiger charge is -2.08. The molecule has 0 atom stereocenters. The van der Waals surface area contributed by atoms with E-state index in [4.69, 9.17) is 5.14 Å². The summed E-state index contributed by atoms with van der Waals surface area (Å²) >= 11 is 0. The van der Waals surface area contributed by atoms with E-state index in [9.17, 15) is 13.2 Å². The quantitative estimate of drug-likeness (QED) is 0.551. The molecule has 0 saturated carbocycles. The highest BCUT2D eigenvalue weighted by atomic mass is 32.2. The molecule has 138 valence electrons. The van der Waals surface area contributed by atoms with Crippen molar-refractivity contribution in [3.05, 3.63) is 71.3 Å². The van der Waals surface area contributed by atoms with Crippen LogP contribution in [0.25, 0.3) is 6.08 Å². The third-order valence-electron chi connectivity index (χ3n) is 3.99. The Kier molecular flexibility index (Phi) is 7.12. The van der Waals surface area contributed by atoms with Gasteiger partial charge in [0.1, 0.15) is 0 Å². The van der Waals surface area contributed by atoms with Crippen LogP contribution < -0.4 is 10.5 Å². The average molecular weight is 372 g/mol. The number of rotatable bonds is 8. The average Bonchev–Trinajstić information content (AvgIpc) is 2.63. The highest BCUT2D eigenvalue weighted by Crippen LogP contribution is 2.11. The molecule has 0 aliphatic rings. The zero-order chi connectivity index (χ0) is 19.0. The van der Waals surface area contributed by atoms with Gasteiger partial charge in [0.15, 0.2) is 0 Å². The van der Waals surface area contributed by atoms with Crippen molar-refractivity contribution in [3.8, 4) is 0 Å². The van der Waals surface area contributed by atoms with Crippen molar-refractivity contribution in [1.29, 1.82) is 0 Å². The van der Waals surface area contributed by atoms with Gasteiger partial charge in [0.2, 0.25) is 15.9 Å². The van der Waals surface area contributed by atoms with Crippen LogP contribution in [0.4, 0.5) is 0 Å². The summed E-state index contributed by atoms with van der Waals surface area (Å²) < 4.78 is 22.5. The summed E-state index contributed by atoms with van der Waals surface area (Å²) in [5.41, 5.74) is 2.75. The maximum atomic E-state index is 12.3. The number of nitrogens with two attached hydrogens (primary N) is 1. The lowest BCUT2D eigenvalue weighted by atomic mass is 10.1. The van der Waals surface area contributed by atoms with Crippen molar-refractivity contribution < 1.29 is 13.2 Å². The summed E-state index contributed by atoms with van der Waals surface area (Å²) in [6.45, 7) is 2.52. The maximum Gasteiger partial charge on any atom is 0.247 e. The van der Waals surface area contributed by atoms with Gasteiger partial charge in [-0.1, -0.05) is 49.4 Å². The van der Waals surface area contributed by atoms with Gasteiger partial charge < -0.3 is 5.32 Å². The molecule has 0 aliphatic carbocycles. The Morgan fingerprint density at radius 2 is 1.73 bits per heavy atom. The maximum absolute atomic E-state index is 12.3. The molecule has 1 amide bonds. The van der Waals surface area contributed by atoms with Gasteiger partial charge >= 0.3 is 0 Å². The molecule has 3 N–H and O–H groups in total. The molecule has 0 heterocycles. The lowest BCUT2D eigenvalue weighted by Crippen LogP contribution is -2.26. The summed E-state index contributed by atoms with van der Waals surface area (Å²) in [6.07, 6.45) is 4.08. The highest BCUT2D eigenvalue weighted by Gasteiger charge is 2.08. The van der Waals surface area contributed by atoms with E-state index in [-0.39, 0.29) is 10.8 Å². The van der Waals surface area contributed by atoms with Crippen LogP contribution in [-0.4, -0.2) is 20.9 Å². The third kappa shape index (κ3) is 6.13. The molecular weight excluding hydrogens is 348 g/mol. The smallest absolute Gasteiger partial charge is 0.247 e. The molecule has 0 bridgehead atoms. The van der Waals surface area contributed by atoms with Gasteiger partial charge in [0.25, 0.3) is 0 Å². The Balaban J connectivity index is 1.83. The molecule has 2 aromatic carbocycles. The van der Waals surface area contributed by atoms with Gasteiger partial charge in [0.05, 0.1) is 4.90 Å². The van der Waals surface area contributed by atoms with Gasteiger partial charge in [-0.2, -0.15) is 0 Å². The van der Waals surface area contributed by atoms with Crippen molar-refractivity contribution in [2.24, 2.45) is 5.14 Å². The van der Waals surface area contributed by atoms with Crippen LogP contribution in [-0.2, 0) is 21.2 Å². The number of hydrogen-bond acceptors (Lipinski definition) is 3. The minimum atomic E-state index is -3.66. The van der Waals surface area contributed by atoms with Crippen LogP contribution in [0.5, 0.6) is 0 Å². The number of benzene rings is 2. The molecule has 0 saturated heterocycles. The molecule has 26 heavy (non-hydrogen) atoms. The molecule has 5 nitrogen and oxygen atoms in total. The second-order valence-electron chi connectivity index (χ2n) is 5.98. The summed E-state index contributed by atoms with van der Waals surface area (Å²) in [6, 6.07) is 16.3. The topological polar surface area (TPSA) is 89.3 Å². The van der Waals surface area contributed by atoms with E-state index in [1.165, 1.54) is 12.1 Å². The summed E-state index contributed by atoms with van der Waals surface area (Å²) in [5.74, 6) is -0.0547. The minimum absolute atomic E-state index is 0.0547. The predicted octanol–water partition coefficient (Wildman–Crippen LogP) is 2.88. The first kappa shape index (κ1) is 19.9. The first-order valence-corrected chi connectivity index (χ1v) is 10.1. The van der Waals surface area contributed by atoms with Crippen molar-refractivity contribution >= 4 is 22.0 Å². The van der Waals surface area contributed by atoms with Crippen LogP contribution in [0.1, 0.15) is 30.9 Å². The van der Waals surface area contributed by atoms with Gasteiger partial charge in [-0.15, -0.1) is 0 Å². The Morgan fingerprint density at radius 1 is 1.08 bits per heavy atom. The zero-order valence-corrected chi connectivity index (χ0v) is 15.6. The number of sulfonamides is 1. The molecule has 2 rings (SSSR count). The van der Waals surface area contributed by atoms with E-state index in [0.717, 1.165) is 29.5 Å². The second kappa shape index (κ2) is 9.31. The fourth-order valence-corrected chi connectivity index (χ4v) is 3.05. The Labute approximate surface area is 155 Å². The van der Waals surface area contributed by atoms with Gasteiger partial charge in [-0.3, -0.25) is 4.79 Å². The van der Waals surface area contributed by atoms with Crippen molar-refractivity contribution in [2.75, 3.05) is 6.54 Å². The Bertz CT molecular complexity index is 858. The fraction of sp³-hybridized carbons (Fsp3) is 0.250. The Morgan fingerprint density at radius 3 is 2.31 bits per heavy atom. The second-order valence-corrected chi connectivity index (χ2v) is 7.54. The third-order valence-corrected chi connectivity index (χ3v) is 4.92. The van der Waals surface area contributed by atoms with Crippen molar-refractivity contribution in [2.45, 2.75) is 31.1 Å². The van der Waals surface area contributed by atoms with Crippen molar-refractivity contribution in [1.82, 2.24) is 5.32 Å². The van der Waals surface area contributed by atoms with E-state index >= 15 is 0 Å². The lowest BCUT2D eigenvalue weighted by molar-refractivity contribution is -0.117. The molecule has 0 fully saturated rings. The normalized spacial score (nSPS) is 12.0. The number of primary sulfonamides is 1. The first-order chi connectivity index (χ1) is 12.4. The van der Waals surface area contributed by atoms with Crippen LogP contribution in [0.15, 0.2) is 65.1 Å². The van der Waals surface area contributed by atoms with Crippen LogP contribution in [0, 0.1) is 0 Å². The number of carbonyl (C=O) groups is 1. The first-order valence-electron chi connectivity index (χ1n) is 8.55. The number of amides is 1.